The Kier molecular flexibility index (Phi) is 4.53. The number of halogens is 3. The van der Waals surface area contributed by atoms with Crippen molar-refractivity contribution < 1.29 is 22.7 Å². The van der Waals surface area contributed by atoms with Gasteiger partial charge in [0.15, 0.2) is 0 Å². The number of carbonyl (C=O) groups is 1. The largest absolute Gasteiger partial charge is 0.465 e. The van der Waals surface area contributed by atoms with Gasteiger partial charge in [-0.15, -0.1) is 12.6 Å². The molecule has 0 saturated heterocycles. The number of hydrogen-bond acceptors (Lipinski definition) is 5. The van der Waals surface area contributed by atoms with Crippen LogP contribution in [0.25, 0.3) is 0 Å². The van der Waals surface area contributed by atoms with Crippen LogP contribution in [0.3, 0.4) is 0 Å². The molecule has 18 heavy (non-hydrogen) atoms. The van der Waals surface area contributed by atoms with Crippen molar-refractivity contribution in [2.75, 3.05) is 7.11 Å². The predicted molar refractivity (Wildman–Crippen MR) is 61.7 cm³/mol. The topological polar surface area (TPSA) is 50.1 Å². The van der Waals surface area contributed by atoms with Gasteiger partial charge in [0.25, 0.3) is 0 Å². The number of methoxy groups -OCH3 is 1. The Morgan fingerprint density at radius 2 is 2.11 bits per heavy atom. The average Bonchev–Trinajstić information content (AvgIpc) is 2.29. The minimum Gasteiger partial charge on any atom is -0.465 e. The van der Waals surface area contributed by atoms with Crippen molar-refractivity contribution in [3.63, 3.8) is 0 Å². The summed E-state index contributed by atoms with van der Waals surface area (Å²) in [5.41, 5.74) is -5.18. The highest BCUT2D eigenvalue weighted by Crippen LogP contribution is 2.42. The number of rotatable bonds is 2. The molecular formula is C10H6F3NO2S2. The second-order valence-corrected chi connectivity index (χ2v) is 4.54. The first kappa shape index (κ1) is 14.7. The zero-order valence-electron chi connectivity index (χ0n) is 8.91. The van der Waals surface area contributed by atoms with Gasteiger partial charge in [-0.05, 0) is 23.9 Å². The summed E-state index contributed by atoms with van der Waals surface area (Å²) in [7, 11) is 1.08. The Morgan fingerprint density at radius 1 is 1.50 bits per heavy atom. The number of alkyl halides is 3. The Hall–Kier alpha value is -1.33. The van der Waals surface area contributed by atoms with E-state index in [9.17, 15) is 18.0 Å². The first-order chi connectivity index (χ1) is 8.30. The van der Waals surface area contributed by atoms with E-state index in [0.29, 0.717) is 0 Å². The molecule has 0 aromatic heterocycles. The van der Waals surface area contributed by atoms with Crippen LogP contribution in [0.4, 0.5) is 13.2 Å². The molecule has 1 aromatic rings. The standard InChI is InChI=1S/C10H6F3NO2S2/c1-16-9(15)5-2-3-7(17)8(6(5)4-14)18-10(11,12)13/h2-3,17H,1H3. The lowest BCUT2D eigenvalue weighted by Crippen LogP contribution is -2.07. The van der Waals surface area contributed by atoms with Crippen LogP contribution in [-0.2, 0) is 4.74 Å². The van der Waals surface area contributed by atoms with Crippen molar-refractivity contribution in [2.24, 2.45) is 0 Å². The van der Waals surface area contributed by atoms with Gasteiger partial charge >= 0.3 is 11.5 Å². The van der Waals surface area contributed by atoms with E-state index in [-0.39, 0.29) is 10.5 Å². The molecule has 0 bridgehead atoms. The van der Waals surface area contributed by atoms with Crippen LogP contribution in [0.1, 0.15) is 15.9 Å². The number of thiol groups is 1. The molecule has 0 aliphatic carbocycles. The van der Waals surface area contributed by atoms with E-state index in [1.807, 2.05) is 0 Å². The van der Waals surface area contributed by atoms with Crippen molar-refractivity contribution >= 4 is 30.4 Å². The van der Waals surface area contributed by atoms with Gasteiger partial charge < -0.3 is 4.74 Å². The molecule has 0 N–H and O–H groups in total. The third-order valence-corrected chi connectivity index (χ3v) is 3.26. The summed E-state index contributed by atoms with van der Waals surface area (Å²) in [5, 5.41) is 8.89. The van der Waals surface area contributed by atoms with Crippen LogP contribution < -0.4 is 0 Å². The Bertz CT molecular complexity index is 523. The number of esters is 1. The monoisotopic (exact) mass is 293 g/mol. The van der Waals surface area contributed by atoms with E-state index in [4.69, 9.17) is 5.26 Å². The minimum atomic E-state index is -4.57. The summed E-state index contributed by atoms with van der Waals surface area (Å²) in [6.45, 7) is 0. The number of hydrogen-bond donors (Lipinski definition) is 1. The molecule has 0 radical (unpaired) electrons. The molecule has 0 spiro atoms. The zero-order chi connectivity index (χ0) is 13.9. The Morgan fingerprint density at radius 3 is 2.56 bits per heavy atom. The molecule has 0 aliphatic rings. The second kappa shape index (κ2) is 5.54. The summed E-state index contributed by atoms with van der Waals surface area (Å²) >= 11 is 3.37. The summed E-state index contributed by atoms with van der Waals surface area (Å²) in [6, 6.07) is 3.99. The lowest BCUT2D eigenvalue weighted by atomic mass is 10.1. The molecule has 0 unspecified atom stereocenters. The molecule has 0 atom stereocenters. The van der Waals surface area contributed by atoms with Gasteiger partial charge in [0.1, 0.15) is 6.07 Å². The summed E-state index contributed by atoms with van der Waals surface area (Å²) < 4.78 is 41.5. The van der Waals surface area contributed by atoms with Gasteiger partial charge in [-0.1, -0.05) is 0 Å². The van der Waals surface area contributed by atoms with E-state index in [0.717, 1.165) is 7.11 Å². The molecule has 8 heteroatoms. The molecule has 1 aromatic carbocycles. The molecule has 3 nitrogen and oxygen atoms in total. The van der Waals surface area contributed by atoms with E-state index in [1.165, 1.54) is 12.1 Å². The van der Waals surface area contributed by atoms with E-state index >= 15 is 0 Å². The van der Waals surface area contributed by atoms with Gasteiger partial charge in [-0.2, -0.15) is 18.4 Å². The number of benzene rings is 1. The first-order valence-electron chi connectivity index (χ1n) is 4.40. The maximum atomic E-state index is 12.4. The zero-order valence-corrected chi connectivity index (χ0v) is 10.6. The average molecular weight is 293 g/mol. The number of carbonyl (C=O) groups excluding carboxylic acids is 1. The summed E-state index contributed by atoms with van der Waals surface area (Å²) in [5.74, 6) is -0.871. The fourth-order valence-electron chi connectivity index (χ4n) is 1.18. The highest BCUT2D eigenvalue weighted by Gasteiger charge is 2.33. The fourth-order valence-corrected chi connectivity index (χ4v) is 2.17. The number of ether oxygens (including phenoxy) is 1. The van der Waals surface area contributed by atoms with Gasteiger partial charge in [0.2, 0.25) is 0 Å². The summed E-state index contributed by atoms with van der Waals surface area (Å²) in [4.78, 5) is 10.9. The Labute approximate surface area is 110 Å². The van der Waals surface area contributed by atoms with Crippen LogP contribution in [0.2, 0.25) is 0 Å². The quantitative estimate of drug-likeness (QED) is 0.516. The van der Waals surface area contributed by atoms with Crippen LogP contribution in [0, 0.1) is 11.3 Å². The van der Waals surface area contributed by atoms with Gasteiger partial charge in [0.05, 0.1) is 18.2 Å². The third kappa shape index (κ3) is 3.34. The van der Waals surface area contributed by atoms with Gasteiger partial charge in [0, 0.05) is 9.79 Å². The lowest BCUT2D eigenvalue weighted by molar-refractivity contribution is -0.0329. The van der Waals surface area contributed by atoms with Crippen molar-refractivity contribution in [3.05, 3.63) is 23.3 Å². The molecule has 0 saturated carbocycles. The number of thioether (sulfide) groups is 1. The Balaban J connectivity index is 3.41. The minimum absolute atomic E-state index is 0.0264. The van der Waals surface area contributed by atoms with Crippen molar-refractivity contribution in [3.8, 4) is 6.07 Å². The van der Waals surface area contributed by atoms with E-state index in [2.05, 4.69) is 17.4 Å². The molecule has 0 heterocycles. The van der Waals surface area contributed by atoms with E-state index < -0.39 is 33.7 Å². The molecule has 0 aliphatic heterocycles. The van der Waals surface area contributed by atoms with Gasteiger partial charge in [-0.25, -0.2) is 4.79 Å². The number of nitriles is 1. The van der Waals surface area contributed by atoms with Crippen LogP contribution in [0.5, 0.6) is 0 Å². The van der Waals surface area contributed by atoms with Crippen LogP contribution in [-0.4, -0.2) is 18.6 Å². The van der Waals surface area contributed by atoms with Crippen LogP contribution >= 0.6 is 24.4 Å². The van der Waals surface area contributed by atoms with E-state index in [1.54, 1.807) is 6.07 Å². The predicted octanol–water partition coefficient (Wildman–Crippen LogP) is 3.25. The fraction of sp³-hybridized carbons (Fsp3) is 0.200. The maximum absolute atomic E-state index is 12.4. The second-order valence-electron chi connectivity index (χ2n) is 2.99. The van der Waals surface area contributed by atoms with Gasteiger partial charge in [-0.3, -0.25) is 0 Å². The van der Waals surface area contributed by atoms with Crippen LogP contribution in [0.15, 0.2) is 21.9 Å². The maximum Gasteiger partial charge on any atom is 0.446 e. The molecule has 0 fully saturated rings. The molecule has 96 valence electrons. The SMILES string of the molecule is COC(=O)c1ccc(S)c(SC(F)(F)F)c1C#N. The van der Waals surface area contributed by atoms with Crippen molar-refractivity contribution in [1.82, 2.24) is 0 Å². The summed E-state index contributed by atoms with van der Waals surface area (Å²) in [6.07, 6.45) is 0. The van der Waals surface area contributed by atoms with Crippen molar-refractivity contribution in [2.45, 2.75) is 15.3 Å². The highest BCUT2D eigenvalue weighted by molar-refractivity contribution is 8.00. The lowest BCUT2D eigenvalue weighted by Gasteiger charge is -2.12. The molecule has 1 rings (SSSR count). The first-order valence-corrected chi connectivity index (χ1v) is 5.66. The number of nitrogens with zero attached hydrogens (tertiary/aromatic N) is 1. The highest BCUT2D eigenvalue weighted by atomic mass is 32.2. The van der Waals surface area contributed by atoms with Crippen molar-refractivity contribution in [1.29, 1.82) is 5.26 Å². The third-order valence-electron chi connectivity index (χ3n) is 1.87. The molecular weight excluding hydrogens is 287 g/mol. The normalized spacial score (nSPS) is 10.9. The molecule has 0 amide bonds. The smallest absolute Gasteiger partial charge is 0.446 e.